The first kappa shape index (κ1) is 20.4. The van der Waals surface area contributed by atoms with Crippen LogP contribution in [0.25, 0.3) is 0 Å². The summed E-state index contributed by atoms with van der Waals surface area (Å²) in [4.78, 5) is 10.4. The first-order valence-electron chi connectivity index (χ1n) is 9.32. The van der Waals surface area contributed by atoms with E-state index in [9.17, 15) is 0 Å². The van der Waals surface area contributed by atoms with Crippen LogP contribution in [0.4, 0.5) is 0 Å². The molecule has 1 unspecified atom stereocenters. The highest BCUT2D eigenvalue weighted by Gasteiger charge is 2.07. The van der Waals surface area contributed by atoms with E-state index in [2.05, 4.69) is 72.1 Å². The number of nitrogens with one attached hydrogen (secondary N) is 2. The number of benzene rings is 1. The van der Waals surface area contributed by atoms with E-state index < -0.39 is 0 Å². The molecule has 0 aliphatic carbocycles. The van der Waals surface area contributed by atoms with Crippen molar-refractivity contribution in [1.82, 2.24) is 20.2 Å². The summed E-state index contributed by atoms with van der Waals surface area (Å²) in [6.45, 7) is 12.0. The Morgan fingerprint density at radius 2 is 1.96 bits per heavy atom. The molecule has 0 saturated heterocycles. The number of nitrogens with zero attached hydrogens (tertiary/aromatic N) is 3. The normalized spacial score (nSPS) is 13.0. The van der Waals surface area contributed by atoms with E-state index in [1.165, 1.54) is 4.90 Å². The fourth-order valence-corrected chi connectivity index (χ4v) is 3.50. The Kier molecular flexibility index (Phi) is 8.54. The Balaban J connectivity index is 1.89. The number of aliphatic imine (C=N–C) groups is 1. The van der Waals surface area contributed by atoms with Crippen molar-refractivity contribution in [3.8, 4) is 0 Å². The van der Waals surface area contributed by atoms with Crippen LogP contribution in [-0.2, 0) is 13.1 Å². The minimum absolute atomic E-state index is 0.448. The molecule has 2 N–H and O–H groups in total. The standard InChI is InChI=1S/C20H31N5S/c1-5-21-20(23-13-17(4)26-18-9-7-6-8-10-18)24-14-19-22-11-12-25(19)15-16(2)3/h6-12,16-17H,5,13-15H2,1-4H3,(H2,21,23,24). The van der Waals surface area contributed by atoms with Crippen LogP contribution in [0, 0.1) is 5.92 Å². The van der Waals surface area contributed by atoms with Gasteiger partial charge in [-0.3, -0.25) is 0 Å². The summed E-state index contributed by atoms with van der Waals surface area (Å²) in [5.74, 6) is 2.43. The van der Waals surface area contributed by atoms with Crippen molar-refractivity contribution in [2.24, 2.45) is 10.9 Å². The molecule has 0 aliphatic rings. The van der Waals surface area contributed by atoms with Gasteiger partial charge < -0.3 is 15.2 Å². The monoisotopic (exact) mass is 373 g/mol. The molecule has 0 spiro atoms. The molecule has 1 aromatic heterocycles. The fraction of sp³-hybridized carbons (Fsp3) is 0.500. The molecule has 0 bridgehead atoms. The third-order valence-electron chi connectivity index (χ3n) is 3.72. The van der Waals surface area contributed by atoms with Gasteiger partial charge in [-0.05, 0) is 25.0 Å². The molecule has 6 heteroatoms. The molecule has 142 valence electrons. The minimum atomic E-state index is 0.448. The zero-order valence-corrected chi connectivity index (χ0v) is 17.1. The maximum absolute atomic E-state index is 4.70. The molecule has 1 aromatic carbocycles. The lowest BCUT2D eigenvalue weighted by atomic mass is 10.2. The average molecular weight is 374 g/mol. The highest BCUT2D eigenvalue weighted by atomic mass is 32.2. The Morgan fingerprint density at radius 3 is 2.65 bits per heavy atom. The van der Waals surface area contributed by atoms with E-state index in [1.807, 2.05) is 30.2 Å². The summed E-state index contributed by atoms with van der Waals surface area (Å²) in [5.41, 5.74) is 0. The average Bonchev–Trinajstić information content (AvgIpc) is 3.04. The predicted molar refractivity (Wildman–Crippen MR) is 112 cm³/mol. The lowest BCUT2D eigenvalue weighted by Gasteiger charge is -2.16. The van der Waals surface area contributed by atoms with Gasteiger partial charge in [0.25, 0.3) is 0 Å². The quantitative estimate of drug-likeness (QED) is 0.399. The van der Waals surface area contributed by atoms with Crippen molar-refractivity contribution >= 4 is 17.7 Å². The fourth-order valence-electron chi connectivity index (χ4n) is 2.56. The van der Waals surface area contributed by atoms with Crippen molar-refractivity contribution in [3.05, 3.63) is 48.5 Å². The zero-order valence-electron chi connectivity index (χ0n) is 16.3. The van der Waals surface area contributed by atoms with Gasteiger partial charge in [-0.2, -0.15) is 0 Å². The first-order chi connectivity index (χ1) is 12.6. The minimum Gasteiger partial charge on any atom is -0.357 e. The van der Waals surface area contributed by atoms with Crippen LogP contribution in [0.1, 0.15) is 33.5 Å². The van der Waals surface area contributed by atoms with Crippen LogP contribution in [0.2, 0.25) is 0 Å². The van der Waals surface area contributed by atoms with Gasteiger partial charge in [-0.25, -0.2) is 9.98 Å². The van der Waals surface area contributed by atoms with Crippen molar-refractivity contribution in [3.63, 3.8) is 0 Å². The molecule has 1 heterocycles. The van der Waals surface area contributed by atoms with Gasteiger partial charge in [-0.1, -0.05) is 39.0 Å². The van der Waals surface area contributed by atoms with E-state index in [0.29, 0.717) is 17.7 Å². The summed E-state index contributed by atoms with van der Waals surface area (Å²) >= 11 is 1.87. The van der Waals surface area contributed by atoms with Gasteiger partial charge in [0.1, 0.15) is 12.4 Å². The molecule has 5 nitrogen and oxygen atoms in total. The molecule has 2 aromatic rings. The van der Waals surface area contributed by atoms with Crippen LogP contribution in [0.15, 0.2) is 52.6 Å². The summed E-state index contributed by atoms with van der Waals surface area (Å²) < 4.78 is 2.19. The van der Waals surface area contributed by atoms with Gasteiger partial charge in [0.2, 0.25) is 0 Å². The number of thioether (sulfide) groups is 1. The number of hydrogen-bond donors (Lipinski definition) is 2. The van der Waals surface area contributed by atoms with Crippen LogP contribution >= 0.6 is 11.8 Å². The molecule has 1 atom stereocenters. The summed E-state index contributed by atoms with van der Waals surface area (Å²) in [5, 5.41) is 7.21. The molecule has 26 heavy (non-hydrogen) atoms. The second-order valence-electron chi connectivity index (χ2n) is 6.71. The van der Waals surface area contributed by atoms with Gasteiger partial charge in [-0.15, -0.1) is 11.8 Å². The van der Waals surface area contributed by atoms with Crippen molar-refractivity contribution < 1.29 is 0 Å². The Bertz CT molecular complexity index is 666. The molecule has 0 aliphatic heterocycles. The molecule has 0 saturated carbocycles. The number of guanidine groups is 1. The molecule has 0 amide bonds. The second-order valence-corrected chi connectivity index (χ2v) is 8.22. The first-order valence-corrected chi connectivity index (χ1v) is 10.2. The van der Waals surface area contributed by atoms with Crippen LogP contribution < -0.4 is 10.6 Å². The molecule has 2 rings (SSSR count). The van der Waals surface area contributed by atoms with Crippen LogP contribution in [0.5, 0.6) is 0 Å². The van der Waals surface area contributed by atoms with Gasteiger partial charge in [0.05, 0.1) is 0 Å². The highest BCUT2D eigenvalue weighted by Crippen LogP contribution is 2.21. The van der Waals surface area contributed by atoms with Crippen molar-refractivity contribution in [2.45, 2.75) is 50.9 Å². The number of rotatable bonds is 9. The maximum atomic E-state index is 4.70. The van der Waals surface area contributed by atoms with E-state index in [-0.39, 0.29) is 0 Å². The Hall–Kier alpha value is -1.95. The van der Waals surface area contributed by atoms with Gasteiger partial charge in [0.15, 0.2) is 5.96 Å². The predicted octanol–water partition coefficient (Wildman–Crippen LogP) is 3.78. The molecule has 0 fully saturated rings. The summed E-state index contributed by atoms with van der Waals surface area (Å²) in [6.07, 6.45) is 3.88. The van der Waals surface area contributed by atoms with E-state index >= 15 is 0 Å². The Labute approximate surface area is 161 Å². The van der Waals surface area contributed by atoms with Gasteiger partial charge >= 0.3 is 0 Å². The third kappa shape index (κ3) is 7.12. The van der Waals surface area contributed by atoms with Gasteiger partial charge in [0, 0.05) is 42.2 Å². The van der Waals surface area contributed by atoms with Crippen LogP contribution in [0.3, 0.4) is 0 Å². The third-order valence-corrected chi connectivity index (χ3v) is 4.84. The SMILES string of the molecule is CCNC(=NCc1nccn1CC(C)C)NCC(C)Sc1ccccc1. The molecular weight excluding hydrogens is 342 g/mol. The second kappa shape index (κ2) is 10.9. The van der Waals surface area contributed by atoms with E-state index in [4.69, 9.17) is 4.99 Å². The molecule has 0 radical (unpaired) electrons. The smallest absolute Gasteiger partial charge is 0.191 e. The van der Waals surface area contributed by atoms with Crippen molar-refractivity contribution in [2.75, 3.05) is 13.1 Å². The highest BCUT2D eigenvalue weighted by molar-refractivity contribution is 8.00. The van der Waals surface area contributed by atoms with E-state index in [0.717, 1.165) is 31.4 Å². The number of hydrogen-bond acceptors (Lipinski definition) is 3. The molecular formula is C20H31N5S. The van der Waals surface area contributed by atoms with Crippen molar-refractivity contribution in [1.29, 1.82) is 0 Å². The zero-order chi connectivity index (χ0) is 18.8. The van der Waals surface area contributed by atoms with Crippen LogP contribution in [-0.4, -0.2) is 33.9 Å². The lowest BCUT2D eigenvalue weighted by Crippen LogP contribution is -2.40. The van der Waals surface area contributed by atoms with E-state index in [1.54, 1.807) is 0 Å². The number of aromatic nitrogens is 2. The largest absolute Gasteiger partial charge is 0.357 e. The topological polar surface area (TPSA) is 54.2 Å². The maximum Gasteiger partial charge on any atom is 0.191 e. The Morgan fingerprint density at radius 1 is 1.19 bits per heavy atom. The summed E-state index contributed by atoms with van der Waals surface area (Å²) in [7, 11) is 0. The summed E-state index contributed by atoms with van der Waals surface area (Å²) in [6, 6.07) is 10.5. The number of imidazole rings is 1. The lowest BCUT2D eigenvalue weighted by molar-refractivity contribution is 0.507.